The summed E-state index contributed by atoms with van der Waals surface area (Å²) in [4.78, 5) is 33.8. The van der Waals surface area contributed by atoms with Crippen molar-refractivity contribution >= 4 is 34.8 Å². The van der Waals surface area contributed by atoms with Crippen LogP contribution in [0.1, 0.15) is 39.9 Å². The number of rotatable bonds is 11. The Balaban J connectivity index is 1.38. The zero-order valence-corrected chi connectivity index (χ0v) is 23.1. The van der Waals surface area contributed by atoms with Gasteiger partial charge in [0.15, 0.2) is 17.4 Å². The Bertz CT molecular complexity index is 1790. The number of carbonyl (C=O) groups is 2. The number of ether oxygens (including phenoxy) is 1. The molecule has 2 aromatic carbocycles. The van der Waals surface area contributed by atoms with Crippen LogP contribution < -0.4 is 21.1 Å². The van der Waals surface area contributed by atoms with E-state index >= 15 is 0 Å². The van der Waals surface area contributed by atoms with Gasteiger partial charge in [-0.2, -0.15) is 5.10 Å². The molecule has 2 amide bonds. The molecule has 0 spiro atoms. The SMILES string of the molecule is CCn1nc(C)cc1C(=O)Nc1nc2cc(C(N)=O)cc(OC)c2n1CCCNc1ncc(-c2cccc(F)c2F)o1. The van der Waals surface area contributed by atoms with Crippen LogP contribution in [0, 0.1) is 18.6 Å². The van der Waals surface area contributed by atoms with Crippen LogP contribution in [-0.4, -0.2) is 49.8 Å². The molecule has 0 aliphatic heterocycles. The first kappa shape index (κ1) is 28.3. The summed E-state index contributed by atoms with van der Waals surface area (Å²) in [5.41, 5.74) is 7.69. The predicted octanol–water partition coefficient (Wildman–Crippen LogP) is 4.36. The standard InChI is InChI=1S/C28H28F2N8O4/c1-4-38-20(11-15(2)36-38)26(40)35-27-34-19-12-16(25(31)39)13-21(41-3)24(19)37(27)10-6-9-32-28-33-14-22(42-28)17-7-5-8-18(29)23(17)30/h5,7-8,11-14H,4,6,9-10H2,1-3H3,(H2,31,39)(H,32,33)(H,34,35,40). The lowest BCUT2D eigenvalue weighted by Crippen LogP contribution is -2.20. The second kappa shape index (κ2) is 11.7. The molecule has 3 aromatic heterocycles. The summed E-state index contributed by atoms with van der Waals surface area (Å²) < 4.78 is 42.2. The number of anilines is 2. The van der Waals surface area contributed by atoms with Gasteiger partial charge in [0.05, 0.1) is 30.1 Å². The molecule has 0 saturated heterocycles. The number of primary amides is 1. The molecule has 0 atom stereocenters. The van der Waals surface area contributed by atoms with Crippen molar-refractivity contribution in [1.82, 2.24) is 24.3 Å². The average molecular weight is 579 g/mol. The summed E-state index contributed by atoms with van der Waals surface area (Å²) in [5, 5.41) is 10.2. The van der Waals surface area contributed by atoms with Crippen LogP contribution in [0.25, 0.3) is 22.4 Å². The molecule has 12 nitrogen and oxygen atoms in total. The molecule has 4 N–H and O–H groups in total. The Labute approximate surface area is 238 Å². The molecule has 14 heteroatoms. The summed E-state index contributed by atoms with van der Waals surface area (Å²) in [6.45, 7) is 4.90. The number of halogens is 2. The number of nitrogens with two attached hydrogens (primary N) is 1. The number of fused-ring (bicyclic) bond motifs is 1. The fourth-order valence-electron chi connectivity index (χ4n) is 4.58. The summed E-state index contributed by atoms with van der Waals surface area (Å²) in [5.74, 6) is -2.39. The molecule has 0 saturated carbocycles. The monoisotopic (exact) mass is 578 g/mol. The first-order valence-electron chi connectivity index (χ1n) is 13.1. The maximum absolute atomic E-state index is 14.1. The number of imidazole rings is 1. The van der Waals surface area contributed by atoms with Gasteiger partial charge in [0.1, 0.15) is 17.0 Å². The van der Waals surface area contributed by atoms with Crippen molar-refractivity contribution in [3.63, 3.8) is 0 Å². The summed E-state index contributed by atoms with van der Waals surface area (Å²) in [6.07, 6.45) is 1.80. The number of hydrogen-bond donors (Lipinski definition) is 3. The van der Waals surface area contributed by atoms with Crippen molar-refractivity contribution in [2.45, 2.75) is 33.4 Å². The highest BCUT2D eigenvalue weighted by Crippen LogP contribution is 2.31. The van der Waals surface area contributed by atoms with Crippen LogP contribution in [0.4, 0.5) is 20.7 Å². The molecule has 3 heterocycles. The topological polar surface area (TPSA) is 155 Å². The van der Waals surface area contributed by atoms with Gasteiger partial charge < -0.3 is 24.8 Å². The molecule has 0 unspecified atom stereocenters. The van der Waals surface area contributed by atoms with Crippen molar-refractivity contribution in [3.8, 4) is 17.1 Å². The van der Waals surface area contributed by atoms with Gasteiger partial charge in [-0.1, -0.05) is 6.07 Å². The smallest absolute Gasteiger partial charge is 0.295 e. The number of benzene rings is 2. The molecule has 0 aliphatic carbocycles. The number of oxazole rings is 1. The Morgan fingerprint density at radius 3 is 2.74 bits per heavy atom. The summed E-state index contributed by atoms with van der Waals surface area (Å²) in [7, 11) is 1.46. The minimum Gasteiger partial charge on any atom is -0.494 e. The van der Waals surface area contributed by atoms with Crippen LogP contribution in [0.2, 0.25) is 0 Å². The van der Waals surface area contributed by atoms with Crippen molar-refractivity contribution < 1.29 is 27.5 Å². The number of aryl methyl sites for hydroxylation is 3. The number of amides is 2. The minimum atomic E-state index is -1.02. The molecule has 0 radical (unpaired) electrons. The lowest BCUT2D eigenvalue weighted by Gasteiger charge is -2.13. The van der Waals surface area contributed by atoms with E-state index in [1.54, 1.807) is 22.2 Å². The van der Waals surface area contributed by atoms with E-state index in [1.807, 2.05) is 6.92 Å². The molecule has 218 valence electrons. The quantitative estimate of drug-likeness (QED) is 0.195. The van der Waals surface area contributed by atoms with E-state index in [2.05, 4.69) is 25.7 Å². The second-order valence-corrected chi connectivity index (χ2v) is 9.35. The first-order valence-corrected chi connectivity index (χ1v) is 13.1. The van der Waals surface area contributed by atoms with Gasteiger partial charge in [0.2, 0.25) is 11.9 Å². The Morgan fingerprint density at radius 1 is 1.19 bits per heavy atom. The highest BCUT2D eigenvalue weighted by atomic mass is 19.2. The van der Waals surface area contributed by atoms with Gasteiger partial charge in [-0.25, -0.2) is 18.7 Å². The van der Waals surface area contributed by atoms with Gasteiger partial charge in [0, 0.05) is 25.2 Å². The van der Waals surface area contributed by atoms with Crippen molar-refractivity contribution in [2.24, 2.45) is 5.73 Å². The molecule has 5 aromatic rings. The van der Waals surface area contributed by atoms with Gasteiger partial charge in [-0.05, 0) is 50.6 Å². The van der Waals surface area contributed by atoms with Crippen molar-refractivity contribution in [2.75, 3.05) is 24.3 Å². The number of nitrogens with zero attached hydrogens (tertiary/aromatic N) is 5. The van der Waals surface area contributed by atoms with Crippen LogP contribution in [0.5, 0.6) is 5.75 Å². The van der Waals surface area contributed by atoms with E-state index in [4.69, 9.17) is 14.9 Å². The van der Waals surface area contributed by atoms with E-state index in [1.165, 1.54) is 37.6 Å². The van der Waals surface area contributed by atoms with Gasteiger partial charge >= 0.3 is 0 Å². The van der Waals surface area contributed by atoms with E-state index in [0.717, 1.165) is 6.07 Å². The third-order valence-electron chi connectivity index (χ3n) is 6.53. The number of methoxy groups -OCH3 is 1. The maximum Gasteiger partial charge on any atom is 0.295 e. The molecule has 0 bridgehead atoms. The average Bonchev–Trinajstić information content (AvgIpc) is 3.68. The fraction of sp³-hybridized carbons (Fsp3) is 0.250. The molecule has 42 heavy (non-hydrogen) atoms. The van der Waals surface area contributed by atoms with Crippen molar-refractivity contribution in [3.05, 3.63) is 71.2 Å². The highest BCUT2D eigenvalue weighted by Gasteiger charge is 2.22. The molecular formula is C28H28F2N8O4. The molecule has 0 fully saturated rings. The van der Waals surface area contributed by atoms with Crippen LogP contribution >= 0.6 is 0 Å². The van der Waals surface area contributed by atoms with E-state index in [-0.39, 0.29) is 28.9 Å². The maximum atomic E-state index is 14.1. The summed E-state index contributed by atoms with van der Waals surface area (Å²) in [6, 6.07) is 8.66. The molecule has 5 rings (SSSR count). The predicted molar refractivity (Wildman–Crippen MR) is 150 cm³/mol. The zero-order chi connectivity index (χ0) is 30.0. The van der Waals surface area contributed by atoms with E-state index in [0.29, 0.717) is 54.2 Å². The Hall–Kier alpha value is -5.27. The normalized spacial score (nSPS) is 11.2. The second-order valence-electron chi connectivity index (χ2n) is 9.35. The number of aromatic nitrogens is 5. The number of carbonyl (C=O) groups excluding carboxylic acids is 2. The van der Waals surface area contributed by atoms with Gasteiger partial charge in [-0.15, -0.1) is 0 Å². The van der Waals surface area contributed by atoms with E-state index in [9.17, 15) is 18.4 Å². The van der Waals surface area contributed by atoms with E-state index < -0.39 is 23.4 Å². The van der Waals surface area contributed by atoms with Crippen LogP contribution in [-0.2, 0) is 13.1 Å². The lowest BCUT2D eigenvalue weighted by molar-refractivity contribution is 0.0995. The summed E-state index contributed by atoms with van der Waals surface area (Å²) >= 11 is 0. The number of nitrogens with one attached hydrogen (secondary N) is 2. The fourth-order valence-corrected chi connectivity index (χ4v) is 4.58. The Kier molecular flexibility index (Phi) is 7.86. The zero-order valence-electron chi connectivity index (χ0n) is 23.1. The van der Waals surface area contributed by atoms with Crippen molar-refractivity contribution in [1.29, 1.82) is 0 Å². The van der Waals surface area contributed by atoms with Crippen LogP contribution in [0.3, 0.4) is 0 Å². The van der Waals surface area contributed by atoms with Gasteiger partial charge in [0.25, 0.3) is 11.9 Å². The van der Waals surface area contributed by atoms with Gasteiger partial charge in [-0.3, -0.25) is 19.6 Å². The largest absolute Gasteiger partial charge is 0.494 e. The molecular weight excluding hydrogens is 550 g/mol. The Morgan fingerprint density at radius 2 is 2.00 bits per heavy atom. The minimum absolute atomic E-state index is 0.0390. The number of hydrogen-bond acceptors (Lipinski definition) is 8. The highest BCUT2D eigenvalue weighted by molar-refractivity contribution is 6.04. The third-order valence-corrected chi connectivity index (χ3v) is 6.53. The van der Waals surface area contributed by atoms with Crippen LogP contribution in [0.15, 0.2) is 47.0 Å². The third kappa shape index (κ3) is 5.50. The first-order chi connectivity index (χ1) is 20.2. The molecule has 0 aliphatic rings. The lowest BCUT2D eigenvalue weighted by atomic mass is 10.1.